The Labute approximate surface area is 368 Å². The Morgan fingerprint density at radius 3 is 0.915 bits per heavy atom. The summed E-state index contributed by atoms with van der Waals surface area (Å²) in [6.45, 7) is 20.9. The molecule has 352 valence electrons. The molecule has 7 nitrogen and oxygen atoms in total. The molecule has 0 aromatic rings. The van der Waals surface area contributed by atoms with E-state index in [1.165, 1.54) is 89.9 Å². The highest BCUT2D eigenvalue weighted by Crippen LogP contribution is 2.28. The Morgan fingerprint density at radius 2 is 0.593 bits per heavy atom. The van der Waals surface area contributed by atoms with Crippen LogP contribution in [-0.2, 0) is 33.2 Å². The van der Waals surface area contributed by atoms with Gasteiger partial charge in [-0.1, -0.05) is 197 Å². The van der Waals surface area contributed by atoms with E-state index in [9.17, 15) is 0 Å². The highest BCUT2D eigenvalue weighted by atomic mass is 16.7. The molecule has 0 amide bonds. The molecule has 0 bridgehead atoms. The topological polar surface area (TPSA) is 64.6 Å². The van der Waals surface area contributed by atoms with Gasteiger partial charge in [-0.25, -0.2) is 0 Å². The van der Waals surface area contributed by atoms with E-state index in [2.05, 4.69) is 55.4 Å². The van der Waals surface area contributed by atoms with Crippen LogP contribution in [0.1, 0.15) is 261 Å². The highest BCUT2D eigenvalue weighted by Gasteiger charge is 2.25. The SMILES string of the molecule is CCCCCCCCCCC(OCCCC)=C(OCCCC)C(CCCC)OCOCOC(CCCC)C(OCCCC)=C(CCCCCCCCCC)OCCCC. The standard InChI is InChI=1S/C52H102O7/c1-9-17-25-27-29-31-33-35-39-47(54-41-21-13-5)51(56-43-23-15-7)49(37-19-11-3)58-45-53-46-59-50(38-20-12-4)52(57-44-24-16-8)48(55-42-22-14-6)40-36-34-32-30-28-26-18-10-2/h49-50H,9-46H2,1-8H3. The molecule has 0 heterocycles. The second kappa shape index (κ2) is 46.1. The molecule has 0 aromatic heterocycles. The van der Waals surface area contributed by atoms with Gasteiger partial charge < -0.3 is 33.2 Å². The first-order valence-corrected chi connectivity index (χ1v) is 25.9. The van der Waals surface area contributed by atoms with Crippen LogP contribution < -0.4 is 0 Å². The fourth-order valence-corrected chi connectivity index (χ4v) is 7.06. The number of hydrogen-bond donors (Lipinski definition) is 0. The van der Waals surface area contributed by atoms with E-state index >= 15 is 0 Å². The summed E-state index contributed by atoms with van der Waals surface area (Å²) < 4.78 is 45.7. The van der Waals surface area contributed by atoms with E-state index < -0.39 is 0 Å². The van der Waals surface area contributed by atoms with Crippen LogP contribution in [0.15, 0.2) is 23.0 Å². The van der Waals surface area contributed by atoms with E-state index in [1.807, 2.05) is 0 Å². The zero-order valence-corrected chi connectivity index (χ0v) is 40.9. The van der Waals surface area contributed by atoms with Crippen LogP contribution in [-0.4, -0.2) is 52.2 Å². The molecule has 0 aromatic carbocycles. The summed E-state index contributed by atoms with van der Waals surface area (Å²) in [5.41, 5.74) is 0. The molecule has 0 N–H and O–H groups in total. The van der Waals surface area contributed by atoms with Gasteiger partial charge in [0.1, 0.15) is 23.7 Å². The first-order chi connectivity index (χ1) is 29.1. The molecule has 0 spiro atoms. The number of unbranched alkanes of at least 4 members (excludes halogenated alkanes) is 20. The van der Waals surface area contributed by atoms with E-state index in [4.69, 9.17) is 33.2 Å². The van der Waals surface area contributed by atoms with Gasteiger partial charge in [0.2, 0.25) is 0 Å². The van der Waals surface area contributed by atoms with E-state index in [-0.39, 0.29) is 25.8 Å². The maximum Gasteiger partial charge on any atom is 0.162 e. The molecule has 2 atom stereocenters. The van der Waals surface area contributed by atoms with Crippen LogP contribution in [0.25, 0.3) is 0 Å². The Bertz CT molecular complexity index is 847. The van der Waals surface area contributed by atoms with E-state index in [0.717, 1.165) is 139 Å². The summed E-state index contributed by atoms with van der Waals surface area (Å²) in [5.74, 6) is 3.76. The van der Waals surface area contributed by atoms with Crippen LogP contribution >= 0.6 is 0 Å². The summed E-state index contributed by atoms with van der Waals surface area (Å²) in [5, 5.41) is 0. The largest absolute Gasteiger partial charge is 0.494 e. The molecule has 0 saturated heterocycles. The summed E-state index contributed by atoms with van der Waals surface area (Å²) in [6.07, 6.45) is 36.4. The summed E-state index contributed by atoms with van der Waals surface area (Å²) in [4.78, 5) is 0. The van der Waals surface area contributed by atoms with Crippen LogP contribution in [0.3, 0.4) is 0 Å². The summed E-state index contributed by atoms with van der Waals surface area (Å²) in [6, 6.07) is 0. The maximum atomic E-state index is 6.62. The van der Waals surface area contributed by atoms with Crippen molar-refractivity contribution in [2.75, 3.05) is 40.0 Å². The zero-order valence-electron chi connectivity index (χ0n) is 40.9. The van der Waals surface area contributed by atoms with Gasteiger partial charge in [-0.15, -0.1) is 0 Å². The van der Waals surface area contributed by atoms with Crippen molar-refractivity contribution in [2.24, 2.45) is 0 Å². The monoisotopic (exact) mass is 839 g/mol. The molecule has 0 radical (unpaired) electrons. The third-order valence-electron chi connectivity index (χ3n) is 11.1. The lowest BCUT2D eigenvalue weighted by Gasteiger charge is -2.26. The van der Waals surface area contributed by atoms with Gasteiger partial charge in [-0.2, -0.15) is 0 Å². The number of hydrogen-bond acceptors (Lipinski definition) is 7. The van der Waals surface area contributed by atoms with Gasteiger partial charge in [0.25, 0.3) is 0 Å². The predicted molar refractivity (Wildman–Crippen MR) is 252 cm³/mol. The van der Waals surface area contributed by atoms with Crippen molar-refractivity contribution in [3.8, 4) is 0 Å². The first kappa shape index (κ1) is 57.6. The summed E-state index contributed by atoms with van der Waals surface area (Å²) in [7, 11) is 0. The van der Waals surface area contributed by atoms with Gasteiger partial charge in [0, 0.05) is 12.8 Å². The van der Waals surface area contributed by atoms with Crippen molar-refractivity contribution in [1.29, 1.82) is 0 Å². The Hall–Kier alpha value is -1.44. The molecule has 59 heavy (non-hydrogen) atoms. The molecule has 0 fully saturated rings. The molecule has 2 unspecified atom stereocenters. The molecular weight excluding hydrogens is 737 g/mol. The lowest BCUT2D eigenvalue weighted by molar-refractivity contribution is -0.167. The second-order valence-corrected chi connectivity index (χ2v) is 16.9. The first-order valence-electron chi connectivity index (χ1n) is 25.9. The van der Waals surface area contributed by atoms with Crippen molar-refractivity contribution in [3.63, 3.8) is 0 Å². The van der Waals surface area contributed by atoms with Gasteiger partial charge in [-0.05, 0) is 51.4 Å². The minimum absolute atomic E-state index is 0.128. The van der Waals surface area contributed by atoms with Gasteiger partial charge in [-0.3, -0.25) is 0 Å². The highest BCUT2D eigenvalue weighted by molar-refractivity contribution is 5.09. The maximum absolute atomic E-state index is 6.62. The molecular formula is C52H102O7. The van der Waals surface area contributed by atoms with Crippen LogP contribution in [0.5, 0.6) is 0 Å². The number of allylic oxidation sites excluding steroid dienone is 2. The van der Waals surface area contributed by atoms with E-state index in [1.54, 1.807) is 0 Å². The van der Waals surface area contributed by atoms with Crippen molar-refractivity contribution in [3.05, 3.63) is 23.0 Å². The average Bonchev–Trinajstić information content (AvgIpc) is 3.24. The lowest BCUT2D eigenvalue weighted by Crippen LogP contribution is -2.25. The lowest BCUT2D eigenvalue weighted by atomic mass is 10.0. The Balaban J connectivity index is 6.07. The normalized spacial score (nSPS) is 13.6. The summed E-state index contributed by atoms with van der Waals surface area (Å²) >= 11 is 0. The smallest absolute Gasteiger partial charge is 0.162 e. The fraction of sp³-hybridized carbons (Fsp3) is 0.923. The van der Waals surface area contributed by atoms with Crippen molar-refractivity contribution >= 4 is 0 Å². The van der Waals surface area contributed by atoms with E-state index in [0.29, 0.717) is 26.4 Å². The molecule has 0 aliphatic rings. The van der Waals surface area contributed by atoms with Gasteiger partial charge in [0.05, 0.1) is 26.4 Å². The van der Waals surface area contributed by atoms with Crippen LogP contribution in [0.2, 0.25) is 0 Å². The molecule has 0 saturated carbocycles. The minimum Gasteiger partial charge on any atom is -0.494 e. The van der Waals surface area contributed by atoms with Crippen molar-refractivity contribution in [2.45, 2.75) is 273 Å². The molecule has 7 heteroatoms. The van der Waals surface area contributed by atoms with Crippen LogP contribution in [0, 0.1) is 0 Å². The average molecular weight is 839 g/mol. The minimum atomic E-state index is -0.216. The molecule has 0 aliphatic heterocycles. The van der Waals surface area contributed by atoms with Gasteiger partial charge >= 0.3 is 0 Å². The third kappa shape index (κ3) is 33.8. The number of rotatable bonds is 48. The molecule has 0 rings (SSSR count). The predicted octanol–water partition coefficient (Wildman–Crippen LogP) is 16.8. The Morgan fingerprint density at radius 1 is 0.305 bits per heavy atom. The second-order valence-electron chi connectivity index (χ2n) is 16.9. The van der Waals surface area contributed by atoms with Crippen LogP contribution in [0.4, 0.5) is 0 Å². The van der Waals surface area contributed by atoms with Crippen molar-refractivity contribution in [1.82, 2.24) is 0 Å². The third-order valence-corrected chi connectivity index (χ3v) is 11.1. The number of ether oxygens (including phenoxy) is 7. The molecule has 0 aliphatic carbocycles. The zero-order chi connectivity index (χ0) is 43.3. The fourth-order valence-electron chi connectivity index (χ4n) is 7.06. The van der Waals surface area contributed by atoms with Gasteiger partial charge in [0.15, 0.2) is 25.1 Å². The van der Waals surface area contributed by atoms with Crippen molar-refractivity contribution < 1.29 is 33.2 Å². The Kier molecular flexibility index (Phi) is 44.9. The quantitative estimate of drug-likeness (QED) is 0.0343.